The van der Waals surface area contributed by atoms with Crippen LogP contribution in [0.2, 0.25) is 5.15 Å². The van der Waals surface area contributed by atoms with Gasteiger partial charge in [0.25, 0.3) is 5.91 Å². The molecule has 0 fully saturated rings. The minimum absolute atomic E-state index is 0.0850. The Morgan fingerprint density at radius 1 is 1.44 bits per heavy atom. The minimum Gasteiger partial charge on any atom is -0.349 e. The zero-order valence-electron chi connectivity index (χ0n) is 10.9. The number of hydrogen-bond donors (Lipinski definition) is 1. The van der Waals surface area contributed by atoms with Crippen molar-refractivity contribution in [3.63, 3.8) is 0 Å². The lowest BCUT2D eigenvalue weighted by atomic mass is 10.0. The number of thioether (sulfide) groups is 1. The number of carbonyl (C=O) groups is 1. The Labute approximate surface area is 117 Å². The van der Waals surface area contributed by atoms with Crippen molar-refractivity contribution in [2.24, 2.45) is 0 Å². The van der Waals surface area contributed by atoms with Crippen molar-refractivity contribution in [1.82, 2.24) is 15.3 Å². The zero-order valence-corrected chi connectivity index (χ0v) is 12.4. The number of nitrogens with zero attached hydrogens (tertiary/aromatic N) is 2. The van der Waals surface area contributed by atoms with E-state index in [4.69, 9.17) is 11.6 Å². The number of carbonyl (C=O) groups excluding carboxylic acids is 1. The summed E-state index contributed by atoms with van der Waals surface area (Å²) in [5, 5.41) is 3.13. The summed E-state index contributed by atoms with van der Waals surface area (Å²) in [5.41, 5.74) is 0.254. The predicted octanol–water partition coefficient (Wildman–Crippen LogP) is 2.78. The second-order valence-corrected chi connectivity index (χ2v) is 5.67. The topological polar surface area (TPSA) is 54.9 Å². The van der Waals surface area contributed by atoms with E-state index in [0.29, 0.717) is 6.54 Å². The summed E-state index contributed by atoms with van der Waals surface area (Å²) in [7, 11) is 0. The lowest BCUT2D eigenvalue weighted by Crippen LogP contribution is -2.39. The maximum Gasteiger partial charge on any atom is 0.271 e. The first kappa shape index (κ1) is 15.2. The van der Waals surface area contributed by atoms with Crippen molar-refractivity contribution in [3.05, 3.63) is 23.2 Å². The van der Waals surface area contributed by atoms with E-state index >= 15 is 0 Å². The van der Waals surface area contributed by atoms with Crippen molar-refractivity contribution in [2.75, 3.05) is 12.8 Å². The fourth-order valence-corrected chi connectivity index (χ4v) is 2.59. The van der Waals surface area contributed by atoms with Crippen LogP contribution in [0.3, 0.4) is 0 Å². The van der Waals surface area contributed by atoms with Gasteiger partial charge >= 0.3 is 0 Å². The van der Waals surface area contributed by atoms with Gasteiger partial charge in [-0.2, -0.15) is 11.8 Å². The Kier molecular flexibility index (Phi) is 5.88. The molecule has 1 rings (SSSR count). The molecular weight excluding hydrogens is 270 g/mol. The van der Waals surface area contributed by atoms with Crippen LogP contribution in [0.25, 0.3) is 0 Å². The molecule has 0 spiro atoms. The summed E-state index contributed by atoms with van der Waals surface area (Å²) in [6, 6.07) is 0. The number of hydrogen-bond acceptors (Lipinski definition) is 4. The molecule has 0 radical (unpaired) electrons. The summed E-state index contributed by atoms with van der Waals surface area (Å²) in [6.45, 7) is 4.88. The summed E-state index contributed by atoms with van der Waals surface area (Å²) in [6.07, 6.45) is 6.90. The second kappa shape index (κ2) is 6.95. The summed E-state index contributed by atoms with van der Waals surface area (Å²) < 4.78 is 0.0850. The van der Waals surface area contributed by atoms with Gasteiger partial charge in [0, 0.05) is 11.3 Å². The van der Waals surface area contributed by atoms with Crippen LogP contribution >= 0.6 is 23.4 Å². The van der Waals surface area contributed by atoms with E-state index < -0.39 is 0 Å². The smallest absolute Gasteiger partial charge is 0.271 e. The highest BCUT2D eigenvalue weighted by Gasteiger charge is 2.25. The minimum atomic E-state index is -0.231. The Hall–Kier alpha value is -0.810. The van der Waals surface area contributed by atoms with Crippen LogP contribution in [-0.2, 0) is 0 Å². The Bertz CT molecular complexity index is 402. The number of aromatic nitrogens is 2. The molecule has 18 heavy (non-hydrogen) atoms. The molecule has 100 valence electrons. The van der Waals surface area contributed by atoms with Crippen molar-refractivity contribution >= 4 is 29.3 Å². The molecule has 1 amide bonds. The van der Waals surface area contributed by atoms with E-state index in [2.05, 4.69) is 35.4 Å². The maximum atomic E-state index is 11.9. The Morgan fingerprint density at radius 2 is 2.11 bits per heavy atom. The molecule has 0 aliphatic heterocycles. The molecule has 1 aromatic heterocycles. The highest BCUT2D eigenvalue weighted by Crippen LogP contribution is 2.29. The van der Waals surface area contributed by atoms with Gasteiger partial charge in [0.1, 0.15) is 10.8 Å². The maximum absolute atomic E-state index is 11.9. The average molecular weight is 288 g/mol. The standard InChI is InChI=1S/C12H18ClN3OS/c1-4-12(5-2,18-3)8-15-11(17)9-6-14-7-10(13)16-9/h6-7H,4-5,8H2,1-3H3,(H,15,17). The first-order valence-electron chi connectivity index (χ1n) is 5.87. The SMILES string of the molecule is CCC(CC)(CNC(=O)c1cncc(Cl)n1)SC. The molecule has 0 atom stereocenters. The molecular formula is C12H18ClN3OS. The van der Waals surface area contributed by atoms with Crippen LogP contribution in [0.5, 0.6) is 0 Å². The van der Waals surface area contributed by atoms with E-state index in [9.17, 15) is 4.79 Å². The first-order valence-corrected chi connectivity index (χ1v) is 7.48. The quantitative estimate of drug-likeness (QED) is 0.874. The first-order chi connectivity index (χ1) is 8.56. The van der Waals surface area contributed by atoms with Crippen molar-refractivity contribution in [2.45, 2.75) is 31.4 Å². The van der Waals surface area contributed by atoms with Crippen LogP contribution in [0.1, 0.15) is 37.2 Å². The van der Waals surface area contributed by atoms with Crippen LogP contribution in [-0.4, -0.2) is 33.4 Å². The highest BCUT2D eigenvalue weighted by atomic mass is 35.5. The van der Waals surface area contributed by atoms with Crippen LogP contribution in [0, 0.1) is 0 Å². The summed E-state index contributed by atoms with van der Waals surface area (Å²) in [5.74, 6) is -0.231. The summed E-state index contributed by atoms with van der Waals surface area (Å²) >= 11 is 7.48. The number of amides is 1. The van der Waals surface area contributed by atoms with Gasteiger partial charge in [-0.3, -0.25) is 9.78 Å². The predicted molar refractivity (Wildman–Crippen MR) is 76.2 cm³/mol. The normalized spacial score (nSPS) is 11.3. The molecule has 4 nitrogen and oxygen atoms in total. The van der Waals surface area contributed by atoms with E-state index in [1.54, 1.807) is 11.8 Å². The molecule has 6 heteroatoms. The van der Waals surface area contributed by atoms with Gasteiger partial charge in [0.2, 0.25) is 0 Å². The van der Waals surface area contributed by atoms with Gasteiger partial charge < -0.3 is 5.32 Å². The third-order valence-corrected chi connectivity index (χ3v) is 4.90. The molecule has 0 bridgehead atoms. The van der Waals surface area contributed by atoms with Crippen LogP contribution in [0.15, 0.2) is 12.4 Å². The third-order valence-electron chi connectivity index (χ3n) is 3.13. The molecule has 0 aliphatic rings. The molecule has 1 aromatic rings. The second-order valence-electron chi connectivity index (χ2n) is 4.00. The van der Waals surface area contributed by atoms with Crippen molar-refractivity contribution in [1.29, 1.82) is 0 Å². The van der Waals surface area contributed by atoms with E-state index in [0.717, 1.165) is 12.8 Å². The molecule has 1 N–H and O–H groups in total. The molecule has 0 aliphatic carbocycles. The van der Waals surface area contributed by atoms with E-state index in [1.807, 2.05) is 0 Å². The molecule has 0 saturated carbocycles. The van der Waals surface area contributed by atoms with Gasteiger partial charge in [0.15, 0.2) is 0 Å². The van der Waals surface area contributed by atoms with Crippen LogP contribution in [0.4, 0.5) is 0 Å². The highest BCUT2D eigenvalue weighted by molar-refractivity contribution is 8.00. The van der Waals surface area contributed by atoms with Crippen molar-refractivity contribution < 1.29 is 4.79 Å². The molecule has 1 heterocycles. The lowest BCUT2D eigenvalue weighted by Gasteiger charge is -2.29. The van der Waals surface area contributed by atoms with Gasteiger partial charge in [-0.1, -0.05) is 25.4 Å². The van der Waals surface area contributed by atoms with E-state index in [-0.39, 0.29) is 21.5 Å². The fraction of sp³-hybridized carbons (Fsp3) is 0.583. The molecule has 0 saturated heterocycles. The Morgan fingerprint density at radius 3 is 2.61 bits per heavy atom. The van der Waals surface area contributed by atoms with Crippen LogP contribution < -0.4 is 5.32 Å². The largest absolute Gasteiger partial charge is 0.349 e. The number of halogens is 1. The van der Waals surface area contributed by atoms with Gasteiger partial charge in [-0.05, 0) is 19.1 Å². The average Bonchev–Trinajstić information content (AvgIpc) is 2.40. The summed E-state index contributed by atoms with van der Waals surface area (Å²) in [4.78, 5) is 19.7. The zero-order chi connectivity index (χ0) is 13.6. The molecule has 0 unspecified atom stereocenters. The Balaban J connectivity index is 2.66. The van der Waals surface area contributed by atoms with Gasteiger partial charge in [0.05, 0.1) is 12.4 Å². The van der Waals surface area contributed by atoms with Crippen molar-refractivity contribution in [3.8, 4) is 0 Å². The van der Waals surface area contributed by atoms with E-state index in [1.165, 1.54) is 12.4 Å². The lowest BCUT2D eigenvalue weighted by molar-refractivity contribution is 0.0943. The van der Waals surface area contributed by atoms with Gasteiger partial charge in [-0.15, -0.1) is 0 Å². The monoisotopic (exact) mass is 287 g/mol. The number of nitrogens with one attached hydrogen (secondary N) is 1. The third kappa shape index (κ3) is 3.85. The molecule has 0 aromatic carbocycles. The van der Waals surface area contributed by atoms with Gasteiger partial charge in [-0.25, -0.2) is 4.98 Å². The number of rotatable bonds is 6. The fourth-order valence-electron chi connectivity index (χ4n) is 1.64.